The first-order valence-corrected chi connectivity index (χ1v) is 7.93. The average molecular weight is 328 g/mol. The number of hydrogen-bond donors (Lipinski definition) is 3. The van der Waals surface area contributed by atoms with E-state index in [2.05, 4.69) is 10.3 Å². The standard InChI is InChI=1S/C18H20N2O4/c1-10-3-6-14-12(7-10)13(8-15(20-14)11-4-5-11)16(21)19-9-18(2,24)17(22)23/h3,6-8,11,24H,4-5,9H2,1-2H3,(H,19,21)(H,22,23). The summed E-state index contributed by atoms with van der Waals surface area (Å²) in [6.45, 7) is 2.72. The van der Waals surface area contributed by atoms with Crippen LogP contribution in [0.2, 0.25) is 0 Å². The smallest absolute Gasteiger partial charge is 0.337 e. The van der Waals surface area contributed by atoms with Gasteiger partial charge in [-0.05, 0) is 44.9 Å². The van der Waals surface area contributed by atoms with Gasteiger partial charge in [-0.1, -0.05) is 11.6 Å². The van der Waals surface area contributed by atoms with Gasteiger partial charge in [0.1, 0.15) is 0 Å². The molecule has 1 aliphatic carbocycles. The number of carbonyl (C=O) groups is 2. The van der Waals surface area contributed by atoms with E-state index in [-0.39, 0.29) is 6.54 Å². The summed E-state index contributed by atoms with van der Waals surface area (Å²) in [6, 6.07) is 7.51. The molecular weight excluding hydrogens is 308 g/mol. The first-order valence-electron chi connectivity index (χ1n) is 7.93. The largest absolute Gasteiger partial charge is 0.479 e. The highest BCUT2D eigenvalue weighted by Crippen LogP contribution is 2.40. The summed E-state index contributed by atoms with van der Waals surface area (Å²) in [5.41, 5.74) is 1.11. The van der Waals surface area contributed by atoms with Crippen molar-refractivity contribution in [2.75, 3.05) is 6.54 Å². The van der Waals surface area contributed by atoms with Gasteiger partial charge in [0.05, 0.1) is 17.6 Å². The number of fused-ring (bicyclic) bond motifs is 1. The second-order valence-electron chi connectivity index (χ2n) is 6.65. The Morgan fingerprint density at radius 1 is 1.33 bits per heavy atom. The Morgan fingerprint density at radius 2 is 2.04 bits per heavy atom. The van der Waals surface area contributed by atoms with Crippen LogP contribution in [0.5, 0.6) is 0 Å². The quantitative estimate of drug-likeness (QED) is 0.779. The first-order chi connectivity index (χ1) is 11.3. The van der Waals surface area contributed by atoms with Crippen molar-refractivity contribution in [3.8, 4) is 0 Å². The number of nitrogens with one attached hydrogen (secondary N) is 1. The van der Waals surface area contributed by atoms with Crippen LogP contribution in [0.25, 0.3) is 10.9 Å². The minimum atomic E-state index is -2.01. The third kappa shape index (κ3) is 3.23. The minimum Gasteiger partial charge on any atom is -0.479 e. The summed E-state index contributed by atoms with van der Waals surface area (Å²) in [6.07, 6.45) is 2.14. The molecule has 0 aliphatic heterocycles. The third-order valence-corrected chi connectivity index (χ3v) is 4.28. The number of carbonyl (C=O) groups excluding carboxylic acids is 1. The van der Waals surface area contributed by atoms with Gasteiger partial charge in [-0.2, -0.15) is 0 Å². The van der Waals surface area contributed by atoms with Crippen LogP contribution in [0.15, 0.2) is 24.3 Å². The highest BCUT2D eigenvalue weighted by molar-refractivity contribution is 6.06. The van der Waals surface area contributed by atoms with Gasteiger partial charge in [0, 0.05) is 17.0 Å². The predicted octanol–water partition coefficient (Wildman–Crippen LogP) is 1.99. The van der Waals surface area contributed by atoms with E-state index < -0.39 is 17.5 Å². The molecule has 0 bridgehead atoms. The summed E-state index contributed by atoms with van der Waals surface area (Å²) in [7, 11) is 0. The second kappa shape index (κ2) is 5.87. The molecule has 3 N–H and O–H groups in total. The van der Waals surface area contributed by atoms with Crippen molar-refractivity contribution in [2.45, 2.75) is 38.2 Å². The van der Waals surface area contributed by atoms with Gasteiger partial charge in [0.25, 0.3) is 5.91 Å². The molecule has 1 aromatic heterocycles. The highest BCUT2D eigenvalue weighted by atomic mass is 16.4. The van der Waals surface area contributed by atoms with Crippen LogP contribution >= 0.6 is 0 Å². The molecule has 1 atom stereocenters. The number of hydrogen-bond acceptors (Lipinski definition) is 4. The van der Waals surface area contributed by atoms with Crippen molar-refractivity contribution in [1.82, 2.24) is 10.3 Å². The Labute approximate surface area is 139 Å². The number of amides is 1. The lowest BCUT2D eigenvalue weighted by atomic mass is 10.0. The van der Waals surface area contributed by atoms with Crippen molar-refractivity contribution in [2.24, 2.45) is 0 Å². The normalized spacial score (nSPS) is 16.6. The van der Waals surface area contributed by atoms with E-state index in [4.69, 9.17) is 5.11 Å². The molecule has 1 unspecified atom stereocenters. The van der Waals surface area contributed by atoms with Gasteiger partial charge in [0.2, 0.25) is 0 Å². The van der Waals surface area contributed by atoms with E-state index in [0.717, 1.165) is 41.9 Å². The molecule has 126 valence electrons. The number of aliphatic carboxylic acids is 1. The van der Waals surface area contributed by atoms with Gasteiger partial charge < -0.3 is 15.5 Å². The van der Waals surface area contributed by atoms with E-state index in [0.29, 0.717) is 11.5 Å². The molecule has 2 aromatic rings. The van der Waals surface area contributed by atoms with Crippen LogP contribution in [0, 0.1) is 6.92 Å². The molecular formula is C18H20N2O4. The number of carboxylic acids is 1. The maximum absolute atomic E-state index is 12.6. The maximum atomic E-state index is 12.6. The summed E-state index contributed by atoms with van der Waals surface area (Å²) in [4.78, 5) is 28.2. The molecule has 1 heterocycles. The summed E-state index contributed by atoms with van der Waals surface area (Å²) in [5, 5.41) is 22.0. The number of benzene rings is 1. The zero-order valence-electron chi connectivity index (χ0n) is 13.7. The Bertz CT molecular complexity index is 825. The van der Waals surface area contributed by atoms with E-state index in [1.807, 2.05) is 25.1 Å². The van der Waals surface area contributed by atoms with Gasteiger partial charge in [-0.25, -0.2) is 4.79 Å². The molecule has 6 nitrogen and oxygen atoms in total. The number of aromatic nitrogens is 1. The number of carboxylic acid groups (broad SMARTS) is 1. The van der Waals surface area contributed by atoms with Crippen molar-refractivity contribution >= 4 is 22.8 Å². The van der Waals surface area contributed by atoms with Crippen LogP contribution < -0.4 is 5.32 Å². The summed E-state index contributed by atoms with van der Waals surface area (Å²) >= 11 is 0. The molecule has 0 saturated heterocycles. The Kier molecular flexibility index (Phi) is 4.01. The van der Waals surface area contributed by atoms with E-state index in [1.54, 1.807) is 6.07 Å². The molecule has 1 aliphatic rings. The molecule has 1 amide bonds. The lowest BCUT2D eigenvalue weighted by Gasteiger charge is -2.19. The van der Waals surface area contributed by atoms with Gasteiger partial charge in [0.15, 0.2) is 5.60 Å². The molecule has 0 spiro atoms. The van der Waals surface area contributed by atoms with E-state index >= 15 is 0 Å². The Hall–Kier alpha value is -2.47. The Balaban J connectivity index is 1.96. The zero-order valence-corrected chi connectivity index (χ0v) is 13.7. The van der Waals surface area contributed by atoms with Crippen molar-refractivity contribution in [3.05, 3.63) is 41.1 Å². The van der Waals surface area contributed by atoms with Crippen molar-refractivity contribution in [3.63, 3.8) is 0 Å². The maximum Gasteiger partial charge on any atom is 0.337 e. The van der Waals surface area contributed by atoms with Crippen LogP contribution in [0.1, 0.15) is 47.3 Å². The summed E-state index contributed by atoms with van der Waals surface area (Å²) in [5.74, 6) is -1.39. The summed E-state index contributed by atoms with van der Waals surface area (Å²) < 4.78 is 0. The fourth-order valence-corrected chi connectivity index (χ4v) is 2.56. The first kappa shape index (κ1) is 16.4. The molecule has 0 radical (unpaired) electrons. The lowest BCUT2D eigenvalue weighted by Crippen LogP contribution is -2.46. The van der Waals surface area contributed by atoms with Crippen molar-refractivity contribution < 1.29 is 19.8 Å². The molecule has 6 heteroatoms. The molecule has 1 fully saturated rings. The van der Waals surface area contributed by atoms with Gasteiger partial charge >= 0.3 is 5.97 Å². The minimum absolute atomic E-state index is 0.366. The van der Waals surface area contributed by atoms with Crippen LogP contribution in [0.3, 0.4) is 0 Å². The monoisotopic (exact) mass is 328 g/mol. The zero-order chi connectivity index (χ0) is 17.5. The van der Waals surface area contributed by atoms with E-state index in [9.17, 15) is 14.7 Å². The van der Waals surface area contributed by atoms with E-state index in [1.165, 1.54) is 0 Å². The number of nitrogens with zero attached hydrogens (tertiary/aromatic N) is 1. The van der Waals surface area contributed by atoms with Crippen LogP contribution in [-0.2, 0) is 4.79 Å². The average Bonchev–Trinajstić information content (AvgIpc) is 3.36. The molecule has 1 saturated carbocycles. The topological polar surface area (TPSA) is 99.5 Å². The van der Waals surface area contributed by atoms with Gasteiger partial charge in [-0.3, -0.25) is 9.78 Å². The number of aryl methyl sites for hydroxylation is 1. The number of aliphatic hydroxyl groups is 1. The lowest BCUT2D eigenvalue weighted by molar-refractivity contribution is -0.155. The predicted molar refractivity (Wildman–Crippen MR) is 89.0 cm³/mol. The third-order valence-electron chi connectivity index (χ3n) is 4.28. The molecule has 1 aromatic carbocycles. The SMILES string of the molecule is Cc1ccc2nc(C3CC3)cc(C(=O)NCC(C)(O)C(=O)O)c2c1. The second-order valence-corrected chi connectivity index (χ2v) is 6.65. The van der Waals surface area contributed by atoms with Crippen LogP contribution in [0.4, 0.5) is 0 Å². The highest BCUT2D eigenvalue weighted by Gasteiger charge is 2.31. The fourth-order valence-electron chi connectivity index (χ4n) is 2.56. The number of rotatable bonds is 5. The number of pyridine rings is 1. The Morgan fingerprint density at radius 3 is 2.67 bits per heavy atom. The van der Waals surface area contributed by atoms with Gasteiger partial charge in [-0.15, -0.1) is 0 Å². The fraction of sp³-hybridized carbons (Fsp3) is 0.389. The van der Waals surface area contributed by atoms with Crippen molar-refractivity contribution in [1.29, 1.82) is 0 Å². The van der Waals surface area contributed by atoms with Crippen LogP contribution in [-0.4, -0.2) is 39.2 Å². The molecule has 24 heavy (non-hydrogen) atoms. The molecule has 3 rings (SSSR count).